The first-order chi connectivity index (χ1) is 12.7. The zero-order chi connectivity index (χ0) is 19.9. The van der Waals surface area contributed by atoms with Crippen LogP contribution in [0.15, 0.2) is 24.3 Å². The van der Waals surface area contributed by atoms with Crippen molar-refractivity contribution in [1.82, 2.24) is 10.2 Å². The number of ether oxygens (including phenoxy) is 2. The van der Waals surface area contributed by atoms with Crippen molar-refractivity contribution in [2.24, 2.45) is 5.73 Å². The van der Waals surface area contributed by atoms with E-state index in [2.05, 4.69) is 19.2 Å². The Labute approximate surface area is 163 Å². The van der Waals surface area contributed by atoms with Crippen LogP contribution in [0, 0.1) is 0 Å². The van der Waals surface area contributed by atoms with Crippen molar-refractivity contribution in [2.75, 3.05) is 39.3 Å². The molecule has 1 aromatic rings. The minimum absolute atomic E-state index is 0.0308. The molecule has 3 N–H and O–H groups in total. The van der Waals surface area contributed by atoms with E-state index >= 15 is 0 Å². The van der Waals surface area contributed by atoms with Gasteiger partial charge in [0.25, 0.3) is 5.91 Å². The van der Waals surface area contributed by atoms with Gasteiger partial charge in [0.05, 0.1) is 17.8 Å². The van der Waals surface area contributed by atoms with Gasteiger partial charge in [0.1, 0.15) is 11.4 Å². The number of rotatable bonds is 9. The lowest BCUT2D eigenvalue weighted by molar-refractivity contribution is -0.0435. The third-order valence-electron chi connectivity index (χ3n) is 4.85. The van der Waals surface area contributed by atoms with Crippen LogP contribution in [0.2, 0.25) is 0 Å². The van der Waals surface area contributed by atoms with E-state index in [0.29, 0.717) is 24.5 Å². The Hall–Kier alpha value is -1.63. The second-order valence-electron chi connectivity index (χ2n) is 8.30. The van der Waals surface area contributed by atoms with E-state index in [0.717, 1.165) is 39.0 Å². The molecule has 2 rings (SSSR count). The Kier molecular flexibility index (Phi) is 7.65. The smallest absolute Gasteiger partial charge is 0.257 e. The first-order valence-electron chi connectivity index (χ1n) is 9.86. The van der Waals surface area contributed by atoms with Gasteiger partial charge in [0.15, 0.2) is 0 Å². The molecule has 1 aliphatic heterocycles. The van der Waals surface area contributed by atoms with Crippen LogP contribution in [0.4, 0.5) is 0 Å². The molecule has 6 heteroatoms. The molecule has 1 fully saturated rings. The van der Waals surface area contributed by atoms with Crippen molar-refractivity contribution in [3.8, 4) is 5.75 Å². The summed E-state index contributed by atoms with van der Waals surface area (Å²) in [5.74, 6) is 0.662. The van der Waals surface area contributed by atoms with Gasteiger partial charge in [-0.3, -0.25) is 4.79 Å². The number of para-hydroxylation sites is 1. The number of nitrogens with zero attached hydrogens (tertiary/aromatic N) is 1. The minimum atomic E-state index is -0.446. The summed E-state index contributed by atoms with van der Waals surface area (Å²) in [6.07, 6.45) is 1.54. The third-order valence-corrected chi connectivity index (χ3v) is 4.85. The van der Waals surface area contributed by atoms with E-state index < -0.39 is 5.60 Å². The summed E-state index contributed by atoms with van der Waals surface area (Å²) in [5, 5.41) is 3.27. The molecule has 1 aliphatic rings. The van der Waals surface area contributed by atoms with Gasteiger partial charge in [-0.1, -0.05) is 12.1 Å². The second kappa shape index (κ2) is 9.53. The molecular formula is C21H35N3O3. The molecule has 152 valence electrons. The molecule has 0 aliphatic carbocycles. The Balaban J connectivity index is 2.00. The summed E-state index contributed by atoms with van der Waals surface area (Å²) in [7, 11) is 0. The maximum atomic E-state index is 12.9. The number of carbonyl (C=O) groups excluding carboxylic acids is 1. The highest BCUT2D eigenvalue weighted by molar-refractivity contribution is 5.97. The van der Waals surface area contributed by atoms with Gasteiger partial charge >= 0.3 is 0 Å². The average molecular weight is 378 g/mol. The van der Waals surface area contributed by atoms with Gasteiger partial charge in [0.2, 0.25) is 0 Å². The predicted molar refractivity (Wildman–Crippen MR) is 108 cm³/mol. The van der Waals surface area contributed by atoms with Crippen molar-refractivity contribution >= 4 is 5.91 Å². The van der Waals surface area contributed by atoms with E-state index in [1.165, 1.54) is 0 Å². The van der Waals surface area contributed by atoms with Gasteiger partial charge in [-0.2, -0.15) is 0 Å². The molecule has 1 aromatic carbocycles. The summed E-state index contributed by atoms with van der Waals surface area (Å²) in [5.41, 5.74) is 5.58. The highest BCUT2D eigenvalue weighted by Gasteiger charge is 2.27. The molecule has 0 saturated carbocycles. The predicted octanol–water partition coefficient (Wildman–Crippen LogP) is 2.42. The quantitative estimate of drug-likeness (QED) is 0.691. The molecule has 1 amide bonds. The van der Waals surface area contributed by atoms with Crippen molar-refractivity contribution in [3.63, 3.8) is 0 Å². The molecule has 1 saturated heterocycles. The molecule has 27 heavy (non-hydrogen) atoms. The normalized spacial score (nSPS) is 15.7. The average Bonchev–Trinajstić information content (AvgIpc) is 2.61. The van der Waals surface area contributed by atoms with E-state index in [1.807, 2.05) is 43.0 Å². The van der Waals surface area contributed by atoms with Crippen molar-refractivity contribution in [2.45, 2.75) is 51.7 Å². The van der Waals surface area contributed by atoms with E-state index in [4.69, 9.17) is 15.2 Å². The molecule has 6 nitrogen and oxygen atoms in total. The summed E-state index contributed by atoms with van der Waals surface area (Å²) in [4.78, 5) is 14.8. The maximum absolute atomic E-state index is 12.9. The molecule has 1 heterocycles. The Morgan fingerprint density at radius 2 is 1.78 bits per heavy atom. The number of piperazine rings is 1. The van der Waals surface area contributed by atoms with Crippen LogP contribution in [0.5, 0.6) is 5.75 Å². The largest absolute Gasteiger partial charge is 0.487 e. The van der Waals surface area contributed by atoms with Gasteiger partial charge in [-0.05, 0) is 52.8 Å². The number of hydrogen-bond donors (Lipinski definition) is 2. The number of nitrogens with two attached hydrogens (primary N) is 1. The molecule has 0 bridgehead atoms. The SMILES string of the molecule is CC(C)(CCN)OCCC(C)(C)Oc1ccccc1C(=O)N1CCNCC1. The zero-order valence-electron chi connectivity index (χ0n) is 17.2. The van der Waals surface area contributed by atoms with E-state index in [1.54, 1.807) is 0 Å². The lowest BCUT2D eigenvalue weighted by atomic mass is 10.0. The Morgan fingerprint density at radius 1 is 1.11 bits per heavy atom. The maximum Gasteiger partial charge on any atom is 0.257 e. The molecule has 0 aromatic heterocycles. The molecule has 0 spiro atoms. The van der Waals surface area contributed by atoms with Gasteiger partial charge < -0.3 is 25.4 Å². The highest BCUT2D eigenvalue weighted by Crippen LogP contribution is 2.27. The Morgan fingerprint density at radius 3 is 2.44 bits per heavy atom. The molecule has 0 atom stereocenters. The summed E-state index contributed by atoms with van der Waals surface area (Å²) in [6, 6.07) is 7.50. The molecular weight excluding hydrogens is 342 g/mol. The van der Waals surface area contributed by atoms with E-state index in [9.17, 15) is 4.79 Å². The lowest BCUT2D eigenvalue weighted by Gasteiger charge is -2.32. The van der Waals surface area contributed by atoms with Crippen LogP contribution >= 0.6 is 0 Å². The number of amides is 1. The van der Waals surface area contributed by atoms with Crippen LogP contribution in [0.3, 0.4) is 0 Å². The number of nitrogens with one attached hydrogen (secondary N) is 1. The number of benzene rings is 1. The van der Waals surface area contributed by atoms with Crippen molar-refractivity contribution in [3.05, 3.63) is 29.8 Å². The summed E-state index contributed by atoms with van der Waals surface area (Å²) >= 11 is 0. The first-order valence-corrected chi connectivity index (χ1v) is 9.86. The summed E-state index contributed by atoms with van der Waals surface area (Å²) < 4.78 is 12.2. The fraction of sp³-hybridized carbons (Fsp3) is 0.667. The second-order valence-corrected chi connectivity index (χ2v) is 8.30. The van der Waals surface area contributed by atoms with Crippen LogP contribution in [0.25, 0.3) is 0 Å². The number of hydrogen-bond acceptors (Lipinski definition) is 5. The van der Waals surface area contributed by atoms with Crippen molar-refractivity contribution < 1.29 is 14.3 Å². The highest BCUT2D eigenvalue weighted by atomic mass is 16.5. The zero-order valence-corrected chi connectivity index (χ0v) is 17.2. The molecule has 0 unspecified atom stereocenters. The van der Waals surface area contributed by atoms with Gasteiger partial charge in [-0.25, -0.2) is 0 Å². The fourth-order valence-electron chi connectivity index (χ4n) is 3.11. The summed E-state index contributed by atoms with van der Waals surface area (Å²) in [6.45, 7) is 12.4. The monoisotopic (exact) mass is 377 g/mol. The molecule has 0 radical (unpaired) electrons. The van der Waals surface area contributed by atoms with Gasteiger partial charge in [-0.15, -0.1) is 0 Å². The standard InChI is InChI=1S/C21H35N3O3/c1-20(2,9-11-22)26-16-10-21(3,4)27-18-8-6-5-7-17(18)19(25)24-14-12-23-13-15-24/h5-8,23H,9-16,22H2,1-4H3. The minimum Gasteiger partial charge on any atom is -0.487 e. The van der Waals surface area contributed by atoms with Crippen molar-refractivity contribution in [1.29, 1.82) is 0 Å². The van der Waals surface area contributed by atoms with Crippen LogP contribution in [0.1, 0.15) is 50.9 Å². The van der Waals surface area contributed by atoms with Crippen LogP contribution in [-0.2, 0) is 4.74 Å². The van der Waals surface area contributed by atoms with E-state index in [-0.39, 0.29) is 11.5 Å². The lowest BCUT2D eigenvalue weighted by Crippen LogP contribution is -2.46. The number of carbonyl (C=O) groups is 1. The van der Waals surface area contributed by atoms with Gasteiger partial charge in [0, 0.05) is 32.6 Å². The van der Waals surface area contributed by atoms with Crippen LogP contribution < -0.4 is 15.8 Å². The van der Waals surface area contributed by atoms with Crippen LogP contribution in [-0.4, -0.2) is 61.3 Å². The Bertz CT molecular complexity index is 610. The topological polar surface area (TPSA) is 76.8 Å². The third kappa shape index (κ3) is 6.79. The first kappa shape index (κ1) is 21.7. The fourth-order valence-corrected chi connectivity index (χ4v) is 3.11.